The molecule has 8 nitrogen and oxygen atoms in total. The Morgan fingerprint density at radius 3 is 2.62 bits per heavy atom. The number of halogens is 2. The Kier molecular flexibility index (Phi) is 7.67. The number of carbonyl (C=O) groups excluding carboxylic acids is 3. The molecule has 1 atom stereocenters. The number of pyridine rings is 3. The molecule has 0 radical (unpaired) electrons. The molecule has 1 aliphatic rings. The van der Waals surface area contributed by atoms with Crippen molar-refractivity contribution in [1.82, 2.24) is 19.9 Å². The van der Waals surface area contributed by atoms with Crippen LogP contribution in [0, 0.1) is 6.92 Å². The third-order valence-electron chi connectivity index (χ3n) is 6.43. The molecule has 1 aliphatic heterocycles. The topological polar surface area (TPSA) is 105 Å². The molecule has 0 aliphatic carbocycles. The van der Waals surface area contributed by atoms with Crippen LogP contribution < -0.4 is 5.32 Å². The molecule has 5 rings (SSSR count). The minimum atomic E-state index is -0.783. The smallest absolute Gasteiger partial charge is 0.273 e. The predicted octanol–water partition coefficient (Wildman–Crippen LogP) is 5.12. The number of aryl methyl sites for hydroxylation is 1. The molecule has 196 valence electrons. The Labute approximate surface area is 235 Å². The quantitative estimate of drug-likeness (QED) is 0.351. The minimum absolute atomic E-state index is 0.0233. The summed E-state index contributed by atoms with van der Waals surface area (Å²) >= 11 is 12.6. The molecule has 2 amide bonds. The summed E-state index contributed by atoms with van der Waals surface area (Å²) < 4.78 is 0. The molecule has 10 heteroatoms. The van der Waals surface area contributed by atoms with Gasteiger partial charge in [-0.1, -0.05) is 35.3 Å². The first kappa shape index (κ1) is 26.5. The zero-order valence-electron chi connectivity index (χ0n) is 20.9. The van der Waals surface area contributed by atoms with Gasteiger partial charge in [-0.05, 0) is 66.1 Å². The third-order valence-corrected chi connectivity index (χ3v) is 6.95. The Balaban J connectivity index is 1.44. The second kappa shape index (κ2) is 11.3. The zero-order chi connectivity index (χ0) is 27.5. The van der Waals surface area contributed by atoms with Crippen molar-refractivity contribution in [3.63, 3.8) is 0 Å². The summed E-state index contributed by atoms with van der Waals surface area (Å²) in [6.07, 6.45) is 4.92. The maximum absolute atomic E-state index is 13.7. The number of benzene rings is 1. The fourth-order valence-electron chi connectivity index (χ4n) is 4.51. The SMILES string of the molecule is Cc1ccnc(NC(=O)c2ccc(CN3C(=O)c4ncc(Cl)cc4CC(=O)C3Cc3ccccn3)cc2Cl)c1. The number of amides is 2. The highest BCUT2D eigenvalue weighted by molar-refractivity contribution is 6.34. The van der Waals surface area contributed by atoms with Crippen LogP contribution in [0.4, 0.5) is 5.82 Å². The molecule has 0 saturated heterocycles. The number of carbonyl (C=O) groups is 3. The first-order chi connectivity index (χ1) is 18.8. The number of hydrogen-bond acceptors (Lipinski definition) is 6. The van der Waals surface area contributed by atoms with E-state index in [0.29, 0.717) is 27.7 Å². The second-order valence-electron chi connectivity index (χ2n) is 9.27. The van der Waals surface area contributed by atoms with Gasteiger partial charge < -0.3 is 10.2 Å². The molecule has 3 aromatic heterocycles. The van der Waals surface area contributed by atoms with Crippen LogP contribution in [0.25, 0.3) is 0 Å². The van der Waals surface area contributed by atoms with E-state index in [-0.39, 0.29) is 41.4 Å². The number of anilines is 1. The number of aromatic nitrogens is 3. The molecule has 1 aromatic carbocycles. The van der Waals surface area contributed by atoms with E-state index in [0.717, 1.165) is 5.56 Å². The van der Waals surface area contributed by atoms with Crippen molar-refractivity contribution in [2.45, 2.75) is 32.4 Å². The standard InChI is InChI=1S/C29H23Cl2N5O3/c1-17-7-9-33-26(10-17)35-28(38)22-6-5-18(11-23(22)31)16-36-24(14-21-4-2-3-8-32-21)25(37)13-19-12-20(30)15-34-27(19)29(36)39/h2-12,15,24H,13-14,16H2,1H3,(H,33,35,38). The maximum atomic E-state index is 13.7. The monoisotopic (exact) mass is 559 g/mol. The van der Waals surface area contributed by atoms with Crippen LogP contribution in [0.3, 0.4) is 0 Å². The lowest BCUT2D eigenvalue weighted by molar-refractivity contribution is -0.122. The fourth-order valence-corrected chi connectivity index (χ4v) is 4.98. The van der Waals surface area contributed by atoms with Gasteiger partial charge in [0.25, 0.3) is 11.8 Å². The third kappa shape index (κ3) is 5.97. The van der Waals surface area contributed by atoms with Crippen LogP contribution >= 0.6 is 23.2 Å². The average Bonchev–Trinajstić information content (AvgIpc) is 2.99. The fraction of sp³-hybridized carbons (Fsp3) is 0.172. The Bertz CT molecular complexity index is 1580. The highest BCUT2D eigenvalue weighted by Crippen LogP contribution is 2.27. The first-order valence-electron chi connectivity index (χ1n) is 12.2. The lowest BCUT2D eigenvalue weighted by Gasteiger charge is -2.29. The van der Waals surface area contributed by atoms with Gasteiger partial charge in [-0.25, -0.2) is 9.97 Å². The summed E-state index contributed by atoms with van der Waals surface area (Å²) in [5, 5.41) is 3.30. The number of nitrogens with zero attached hydrogens (tertiary/aromatic N) is 4. The van der Waals surface area contributed by atoms with Gasteiger partial charge in [0, 0.05) is 43.7 Å². The van der Waals surface area contributed by atoms with Crippen molar-refractivity contribution in [2.75, 3.05) is 5.32 Å². The van der Waals surface area contributed by atoms with Gasteiger partial charge >= 0.3 is 0 Å². The van der Waals surface area contributed by atoms with E-state index in [1.54, 1.807) is 48.8 Å². The van der Waals surface area contributed by atoms with Gasteiger partial charge in [0.1, 0.15) is 11.5 Å². The molecule has 1 N–H and O–H groups in total. The Hall–Kier alpha value is -4.14. The van der Waals surface area contributed by atoms with Crippen LogP contribution in [-0.2, 0) is 24.2 Å². The number of fused-ring (bicyclic) bond motifs is 1. The molecule has 1 unspecified atom stereocenters. The highest BCUT2D eigenvalue weighted by atomic mass is 35.5. The second-order valence-corrected chi connectivity index (χ2v) is 10.1. The number of ketones is 1. The van der Waals surface area contributed by atoms with Crippen LogP contribution in [-0.4, -0.2) is 43.5 Å². The van der Waals surface area contributed by atoms with E-state index in [1.165, 1.54) is 11.1 Å². The highest BCUT2D eigenvalue weighted by Gasteiger charge is 2.36. The average molecular weight is 560 g/mol. The van der Waals surface area contributed by atoms with Crippen LogP contribution in [0.15, 0.2) is 73.2 Å². The van der Waals surface area contributed by atoms with Gasteiger partial charge in [-0.15, -0.1) is 0 Å². The van der Waals surface area contributed by atoms with E-state index in [2.05, 4.69) is 20.3 Å². The largest absolute Gasteiger partial charge is 0.323 e. The van der Waals surface area contributed by atoms with Crippen molar-refractivity contribution >= 4 is 46.6 Å². The predicted molar refractivity (Wildman–Crippen MR) is 148 cm³/mol. The number of Topliss-reactive ketones (excluding diaryl/α,β-unsaturated/α-hetero) is 1. The van der Waals surface area contributed by atoms with E-state index in [4.69, 9.17) is 23.2 Å². The number of nitrogens with one attached hydrogen (secondary N) is 1. The number of hydrogen-bond donors (Lipinski definition) is 1. The van der Waals surface area contributed by atoms with Gasteiger partial charge in [0.15, 0.2) is 5.78 Å². The van der Waals surface area contributed by atoms with E-state index >= 15 is 0 Å². The zero-order valence-corrected chi connectivity index (χ0v) is 22.4. The molecule has 0 saturated carbocycles. The molecule has 0 spiro atoms. The van der Waals surface area contributed by atoms with Gasteiger partial charge in [0.2, 0.25) is 0 Å². The van der Waals surface area contributed by atoms with E-state index in [9.17, 15) is 14.4 Å². The molecule has 0 fully saturated rings. The van der Waals surface area contributed by atoms with E-state index in [1.807, 2.05) is 25.1 Å². The summed E-state index contributed by atoms with van der Waals surface area (Å²) in [4.78, 5) is 54.3. The summed E-state index contributed by atoms with van der Waals surface area (Å²) in [5.74, 6) is -0.535. The lowest BCUT2D eigenvalue weighted by atomic mass is 10.00. The van der Waals surface area contributed by atoms with Gasteiger partial charge in [-0.3, -0.25) is 19.4 Å². The maximum Gasteiger partial charge on any atom is 0.273 e. The van der Waals surface area contributed by atoms with Crippen LogP contribution in [0.1, 0.15) is 43.2 Å². The van der Waals surface area contributed by atoms with Gasteiger partial charge in [-0.2, -0.15) is 0 Å². The van der Waals surface area contributed by atoms with Crippen molar-refractivity contribution in [3.05, 3.63) is 117 Å². The van der Waals surface area contributed by atoms with Crippen molar-refractivity contribution < 1.29 is 14.4 Å². The Morgan fingerprint density at radius 1 is 1.03 bits per heavy atom. The summed E-state index contributed by atoms with van der Waals surface area (Å²) in [6.45, 7) is 1.98. The first-order valence-corrected chi connectivity index (χ1v) is 12.9. The molecule has 4 heterocycles. The van der Waals surface area contributed by atoms with E-state index < -0.39 is 17.9 Å². The van der Waals surface area contributed by atoms with Crippen molar-refractivity contribution in [3.8, 4) is 0 Å². The number of rotatable bonds is 6. The lowest BCUT2D eigenvalue weighted by Crippen LogP contribution is -2.45. The molecule has 0 bridgehead atoms. The van der Waals surface area contributed by atoms with Crippen LogP contribution in [0.5, 0.6) is 0 Å². The summed E-state index contributed by atoms with van der Waals surface area (Å²) in [7, 11) is 0. The van der Waals surface area contributed by atoms with Crippen molar-refractivity contribution in [1.29, 1.82) is 0 Å². The summed E-state index contributed by atoms with van der Waals surface area (Å²) in [6, 6.07) is 14.8. The molecule has 4 aromatic rings. The summed E-state index contributed by atoms with van der Waals surface area (Å²) in [5.41, 5.74) is 3.21. The normalized spacial score (nSPS) is 15.1. The van der Waals surface area contributed by atoms with Gasteiger partial charge in [0.05, 0.1) is 21.7 Å². The van der Waals surface area contributed by atoms with Crippen molar-refractivity contribution in [2.24, 2.45) is 0 Å². The minimum Gasteiger partial charge on any atom is -0.323 e. The van der Waals surface area contributed by atoms with Crippen LogP contribution in [0.2, 0.25) is 10.0 Å². The Morgan fingerprint density at radius 2 is 1.87 bits per heavy atom. The molecular weight excluding hydrogens is 537 g/mol. The molecule has 39 heavy (non-hydrogen) atoms. The molecular formula is C29H23Cl2N5O3.